The van der Waals surface area contributed by atoms with E-state index in [2.05, 4.69) is 44.0 Å². The Bertz CT molecular complexity index is 1150. The van der Waals surface area contributed by atoms with Crippen molar-refractivity contribution in [1.82, 2.24) is 14.7 Å². The SMILES string of the molecule is O=C(c1nn(-c2ccc(Cl)cc2Cl)c(C2=CC=C(Br)[SeH2]2)c1Br)N1CCC2CCCCC2C1. The Labute approximate surface area is 220 Å². The number of aromatic nitrogens is 2. The summed E-state index contributed by atoms with van der Waals surface area (Å²) in [7, 11) is 0. The third-order valence-electron chi connectivity index (χ3n) is 6.65. The Morgan fingerprint density at radius 3 is 2.59 bits per heavy atom. The average molecular weight is 667 g/mol. The van der Waals surface area contributed by atoms with E-state index in [1.54, 1.807) is 16.8 Å². The number of fused-ring (bicyclic) bond motifs is 1. The van der Waals surface area contributed by atoms with Crippen molar-refractivity contribution in [2.45, 2.75) is 32.1 Å². The van der Waals surface area contributed by atoms with Gasteiger partial charge in [-0.05, 0) is 0 Å². The first-order valence-electron chi connectivity index (χ1n) is 10.8. The van der Waals surface area contributed by atoms with Crippen molar-refractivity contribution in [3.8, 4) is 5.69 Å². The van der Waals surface area contributed by atoms with Gasteiger partial charge in [-0.1, -0.05) is 0 Å². The van der Waals surface area contributed by atoms with Gasteiger partial charge < -0.3 is 0 Å². The van der Waals surface area contributed by atoms with E-state index >= 15 is 0 Å². The molecule has 2 aromatic rings. The molecule has 2 unspecified atom stereocenters. The molecule has 1 aliphatic carbocycles. The standard InChI is InChI=1S/C23H23Br2Cl2N3OSe/c24-19-8-7-18(32-19)22-20(25)21(28-30(22)17-6-5-15(26)11-16(17)27)23(31)29-10-9-13-3-1-2-4-14(13)12-29/h5-8,11,13-14H,1-4,9-10,12,32H2. The fraction of sp³-hybridized carbons (Fsp3) is 0.391. The van der Waals surface area contributed by atoms with Gasteiger partial charge in [0.1, 0.15) is 0 Å². The molecule has 0 N–H and O–H groups in total. The molecule has 5 rings (SSSR count). The molecular formula is C23H23Br2Cl2N3OSe. The van der Waals surface area contributed by atoms with E-state index in [4.69, 9.17) is 28.3 Å². The Balaban J connectivity index is 1.53. The van der Waals surface area contributed by atoms with Crippen molar-refractivity contribution in [3.05, 3.63) is 59.6 Å². The Kier molecular flexibility index (Phi) is 6.95. The molecule has 9 heteroatoms. The van der Waals surface area contributed by atoms with Gasteiger partial charge in [-0.15, -0.1) is 0 Å². The third-order valence-corrected chi connectivity index (χ3v) is 11.5. The topological polar surface area (TPSA) is 38.1 Å². The molecule has 0 spiro atoms. The summed E-state index contributed by atoms with van der Waals surface area (Å²) in [5, 5.41) is 5.88. The summed E-state index contributed by atoms with van der Waals surface area (Å²) in [5.41, 5.74) is 2.07. The van der Waals surface area contributed by atoms with Gasteiger partial charge >= 0.3 is 222 Å². The molecule has 2 aliphatic heterocycles. The normalized spacial score (nSPS) is 24.3. The summed E-state index contributed by atoms with van der Waals surface area (Å²) in [4.78, 5) is 15.6. The van der Waals surface area contributed by atoms with Crippen molar-refractivity contribution in [2.75, 3.05) is 13.1 Å². The Morgan fingerprint density at radius 1 is 1.09 bits per heavy atom. The van der Waals surface area contributed by atoms with Crippen LogP contribution in [0.1, 0.15) is 48.3 Å². The van der Waals surface area contributed by atoms with Gasteiger partial charge in [0, 0.05) is 0 Å². The zero-order valence-corrected chi connectivity index (χ0v) is 24.0. The average Bonchev–Trinajstić information content (AvgIpc) is 3.35. The molecule has 1 aromatic heterocycles. The van der Waals surface area contributed by atoms with Crippen molar-refractivity contribution in [3.63, 3.8) is 0 Å². The molecular weight excluding hydrogens is 644 g/mol. The summed E-state index contributed by atoms with van der Waals surface area (Å²) in [5.74, 6) is 1.39. The molecule has 1 saturated heterocycles. The van der Waals surface area contributed by atoms with Crippen molar-refractivity contribution < 1.29 is 4.79 Å². The molecule has 2 fully saturated rings. The van der Waals surface area contributed by atoms with E-state index in [0.717, 1.165) is 35.6 Å². The van der Waals surface area contributed by atoms with Crippen molar-refractivity contribution in [1.29, 1.82) is 0 Å². The number of rotatable bonds is 3. The number of carbonyl (C=O) groups is 1. The molecule has 0 radical (unpaired) electrons. The zero-order valence-electron chi connectivity index (χ0n) is 17.3. The van der Waals surface area contributed by atoms with E-state index in [0.29, 0.717) is 27.3 Å². The van der Waals surface area contributed by atoms with Crippen LogP contribution >= 0.6 is 55.1 Å². The second-order valence-corrected chi connectivity index (χ2v) is 15.4. The van der Waals surface area contributed by atoms with Crippen molar-refractivity contribution in [2.24, 2.45) is 11.8 Å². The quantitative estimate of drug-likeness (QED) is 0.358. The van der Waals surface area contributed by atoms with Crippen LogP contribution in [0, 0.1) is 11.8 Å². The van der Waals surface area contributed by atoms with Crippen LogP contribution in [0.25, 0.3) is 10.2 Å². The molecule has 1 amide bonds. The summed E-state index contributed by atoms with van der Waals surface area (Å²) >= 11 is 19.5. The van der Waals surface area contributed by atoms with E-state index in [1.807, 2.05) is 11.0 Å². The second-order valence-electron chi connectivity index (χ2n) is 8.58. The number of hydrogen-bond donors (Lipinski definition) is 0. The van der Waals surface area contributed by atoms with E-state index in [1.165, 1.54) is 33.5 Å². The van der Waals surface area contributed by atoms with Crippen LogP contribution in [-0.2, 0) is 0 Å². The van der Waals surface area contributed by atoms with Gasteiger partial charge in [-0.25, -0.2) is 0 Å². The number of carbonyl (C=O) groups excluding carboxylic acids is 1. The van der Waals surface area contributed by atoms with Crippen LogP contribution in [0.15, 0.2) is 38.2 Å². The van der Waals surface area contributed by atoms with Crippen molar-refractivity contribution >= 4 is 80.4 Å². The number of benzene rings is 1. The predicted octanol–water partition coefficient (Wildman–Crippen LogP) is 6.35. The number of amides is 1. The van der Waals surface area contributed by atoms with Crippen LogP contribution < -0.4 is 0 Å². The van der Waals surface area contributed by atoms with Gasteiger partial charge in [0.25, 0.3) is 0 Å². The Morgan fingerprint density at radius 2 is 1.88 bits per heavy atom. The molecule has 4 nitrogen and oxygen atoms in total. The van der Waals surface area contributed by atoms with E-state index in [-0.39, 0.29) is 5.91 Å². The predicted molar refractivity (Wildman–Crippen MR) is 141 cm³/mol. The molecule has 0 bridgehead atoms. The monoisotopic (exact) mass is 665 g/mol. The molecule has 3 aliphatic rings. The number of halogens is 4. The van der Waals surface area contributed by atoms with Crippen LogP contribution in [0.2, 0.25) is 10.0 Å². The first-order chi connectivity index (χ1) is 15.4. The van der Waals surface area contributed by atoms with Gasteiger partial charge in [0.2, 0.25) is 0 Å². The number of nitrogens with zero attached hydrogens (tertiary/aromatic N) is 3. The summed E-state index contributed by atoms with van der Waals surface area (Å²) in [6.07, 6.45) is 10.4. The van der Waals surface area contributed by atoms with Crippen LogP contribution in [0.3, 0.4) is 0 Å². The fourth-order valence-electron chi connectivity index (χ4n) is 5.04. The third kappa shape index (κ3) is 4.41. The van der Waals surface area contributed by atoms with Crippen LogP contribution in [-0.4, -0.2) is 48.6 Å². The van der Waals surface area contributed by atoms with Gasteiger partial charge in [0.15, 0.2) is 0 Å². The first kappa shape index (κ1) is 23.2. The van der Waals surface area contributed by atoms with Gasteiger partial charge in [-0.3, -0.25) is 0 Å². The number of piperidine rings is 1. The fourth-order valence-corrected chi connectivity index (χ4v) is 9.75. The van der Waals surface area contributed by atoms with E-state index < -0.39 is 15.0 Å². The summed E-state index contributed by atoms with van der Waals surface area (Å²) in [6, 6.07) is 5.36. The number of hydrogen-bond acceptors (Lipinski definition) is 2. The second kappa shape index (κ2) is 9.59. The van der Waals surface area contributed by atoms with Crippen LogP contribution in [0.4, 0.5) is 0 Å². The van der Waals surface area contributed by atoms with Gasteiger partial charge in [0.05, 0.1) is 0 Å². The molecule has 1 aromatic carbocycles. The van der Waals surface area contributed by atoms with Crippen LogP contribution in [0.5, 0.6) is 0 Å². The van der Waals surface area contributed by atoms with E-state index in [9.17, 15) is 4.79 Å². The first-order valence-corrected chi connectivity index (χ1v) is 15.2. The summed E-state index contributed by atoms with van der Waals surface area (Å²) < 4.78 is 4.94. The zero-order chi connectivity index (χ0) is 22.4. The minimum absolute atomic E-state index is 0.00314. The maximum atomic E-state index is 13.6. The molecule has 2 atom stereocenters. The molecule has 32 heavy (non-hydrogen) atoms. The Hall–Kier alpha value is -0.561. The molecule has 3 heterocycles. The molecule has 1 saturated carbocycles. The summed E-state index contributed by atoms with van der Waals surface area (Å²) in [6.45, 7) is 1.64. The number of likely N-dealkylation sites (tertiary alicyclic amines) is 1. The number of allylic oxidation sites excluding steroid dienone is 2. The van der Waals surface area contributed by atoms with Gasteiger partial charge in [-0.2, -0.15) is 0 Å². The maximum absolute atomic E-state index is 13.6. The molecule has 170 valence electrons. The minimum atomic E-state index is -0.538.